The molecule has 0 saturated carbocycles. The molecule has 0 fully saturated rings. The number of halogens is 1. The minimum atomic E-state index is -0.203. The zero-order valence-electron chi connectivity index (χ0n) is 14.5. The molecule has 136 valence electrons. The SMILES string of the molecule is CCNc1nc(SCc2nc3ccc(Cl)cc3c(=O)[nH]2)nc2ccccc12. The fourth-order valence-electron chi connectivity index (χ4n) is 2.78. The quantitative estimate of drug-likeness (QED) is 0.387. The number of benzene rings is 2. The van der Waals surface area contributed by atoms with Gasteiger partial charge < -0.3 is 10.3 Å². The van der Waals surface area contributed by atoms with Gasteiger partial charge in [-0.25, -0.2) is 15.0 Å². The highest BCUT2D eigenvalue weighted by Gasteiger charge is 2.10. The van der Waals surface area contributed by atoms with Crippen LogP contribution in [-0.2, 0) is 5.75 Å². The maximum Gasteiger partial charge on any atom is 0.258 e. The van der Waals surface area contributed by atoms with Gasteiger partial charge in [-0.15, -0.1) is 0 Å². The maximum atomic E-state index is 12.3. The van der Waals surface area contributed by atoms with Crippen LogP contribution in [0.5, 0.6) is 0 Å². The molecule has 27 heavy (non-hydrogen) atoms. The van der Waals surface area contributed by atoms with Gasteiger partial charge in [-0.1, -0.05) is 35.5 Å². The maximum absolute atomic E-state index is 12.3. The molecular formula is C19H16ClN5OS. The number of rotatable bonds is 5. The van der Waals surface area contributed by atoms with Crippen molar-refractivity contribution in [3.63, 3.8) is 0 Å². The predicted octanol–water partition coefficient (Wildman–Crippen LogP) is 4.24. The van der Waals surface area contributed by atoms with E-state index in [0.29, 0.717) is 32.7 Å². The number of fused-ring (bicyclic) bond motifs is 2. The fraction of sp³-hybridized carbons (Fsp3) is 0.158. The minimum Gasteiger partial charge on any atom is -0.370 e. The van der Waals surface area contributed by atoms with Crippen LogP contribution in [0.3, 0.4) is 0 Å². The molecule has 0 aliphatic carbocycles. The van der Waals surface area contributed by atoms with E-state index in [0.717, 1.165) is 23.3 Å². The summed E-state index contributed by atoms with van der Waals surface area (Å²) in [4.78, 5) is 28.8. The Balaban J connectivity index is 1.64. The fourth-order valence-corrected chi connectivity index (χ4v) is 3.68. The molecule has 2 aromatic heterocycles. The normalized spacial score (nSPS) is 11.2. The van der Waals surface area contributed by atoms with Crippen LogP contribution in [0.1, 0.15) is 12.7 Å². The van der Waals surface area contributed by atoms with Crippen LogP contribution >= 0.6 is 23.4 Å². The summed E-state index contributed by atoms with van der Waals surface area (Å²) in [7, 11) is 0. The molecule has 0 amide bonds. The zero-order valence-corrected chi connectivity index (χ0v) is 16.1. The molecule has 0 atom stereocenters. The molecule has 2 heterocycles. The summed E-state index contributed by atoms with van der Waals surface area (Å²) in [5.41, 5.74) is 1.29. The second-order valence-corrected chi connectivity index (χ2v) is 7.24. The highest BCUT2D eigenvalue weighted by atomic mass is 35.5. The Labute approximate surface area is 164 Å². The second-order valence-electron chi connectivity index (χ2n) is 5.87. The van der Waals surface area contributed by atoms with Crippen molar-refractivity contribution in [3.8, 4) is 0 Å². The van der Waals surface area contributed by atoms with Gasteiger partial charge in [0.1, 0.15) is 11.6 Å². The zero-order chi connectivity index (χ0) is 18.8. The summed E-state index contributed by atoms with van der Waals surface area (Å²) >= 11 is 7.38. The number of nitrogens with zero attached hydrogens (tertiary/aromatic N) is 3. The summed E-state index contributed by atoms with van der Waals surface area (Å²) in [6.45, 7) is 2.80. The first kappa shape index (κ1) is 17.8. The third kappa shape index (κ3) is 3.74. The summed E-state index contributed by atoms with van der Waals surface area (Å²) in [6, 6.07) is 13.0. The molecule has 2 N–H and O–H groups in total. The number of anilines is 1. The minimum absolute atomic E-state index is 0.203. The van der Waals surface area contributed by atoms with E-state index in [4.69, 9.17) is 11.6 Å². The largest absolute Gasteiger partial charge is 0.370 e. The highest BCUT2D eigenvalue weighted by molar-refractivity contribution is 7.98. The average Bonchev–Trinajstić information content (AvgIpc) is 2.67. The van der Waals surface area contributed by atoms with Gasteiger partial charge in [0.05, 0.1) is 22.2 Å². The second kappa shape index (κ2) is 7.54. The Kier molecular flexibility index (Phi) is 4.96. The lowest BCUT2D eigenvalue weighted by Gasteiger charge is -2.09. The number of hydrogen-bond donors (Lipinski definition) is 2. The molecule has 0 aliphatic rings. The summed E-state index contributed by atoms with van der Waals surface area (Å²) < 4.78 is 0. The molecule has 2 aromatic carbocycles. The number of hydrogen-bond acceptors (Lipinski definition) is 6. The molecule has 0 bridgehead atoms. The predicted molar refractivity (Wildman–Crippen MR) is 111 cm³/mol. The van der Waals surface area contributed by atoms with E-state index in [1.807, 2.05) is 31.2 Å². The first-order valence-corrected chi connectivity index (χ1v) is 9.82. The Morgan fingerprint density at radius 3 is 2.74 bits per heavy atom. The van der Waals surface area contributed by atoms with Gasteiger partial charge in [-0.05, 0) is 37.3 Å². The molecule has 4 aromatic rings. The number of aromatic amines is 1. The van der Waals surface area contributed by atoms with E-state index in [1.165, 1.54) is 11.8 Å². The van der Waals surface area contributed by atoms with Crippen LogP contribution in [0, 0.1) is 0 Å². The summed E-state index contributed by atoms with van der Waals surface area (Å²) in [5.74, 6) is 1.83. The van der Waals surface area contributed by atoms with Crippen LogP contribution in [0.25, 0.3) is 21.8 Å². The van der Waals surface area contributed by atoms with Crippen molar-refractivity contribution in [3.05, 3.63) is 63.7 Å². The lowest BCUT2D eigenvalue weighted by Crippen LogP contribution is -2.11. The first-order valence-electron chi connectivity index (χ1n) is 8.46. The molecule has 6 nitrogen and oxygen atoms in total. The standard InChI is InChI=1S/C19H16ClN5OS/c1-2-21-17-12-5-3-4-6-14(12)23-19(25-17)27-10-16-22-15-8-7-11(20)9-13(15)18(26)24-16/h3-9H,2,10H2,1H3,(H,21,23,25)(H,22,24,26). The molecule has 0 saturated heterocycles. The summed E-state index contributed by atoms with van der Waals surface area (Å²) in [6.07, 6.45) is 0. The smallest absolute Gasteiger partial charge is 0.258 e. The van der Waals surface area contributed by atoms with Crippen LogP contribution in [0.2, 0.25) is 5.02 Å². The van der Waals surface area contributed by atoms with Gasteiger partial charge in [-0.2, -0.15) is 0 Å². The van der Waals surface area contributed by atoms with Crippen LogP contribution in [-0.4, -0.2) is 26.5 Å². The van der Waals surface area contributed by atoms with Gasteiger partial charge in [0.25, 0.3) is 5.56 Å². The van der Waals surface area contributed by atoms with Crippen LogP contribution < -0.4 is 10.9 Å². The Bertz CT molecular complexity index is 1190. The Morgan fingerprint density at radius 1 is 1.07 bits per heavy atom. The number of thioether (sulfide) groups is 1. The van der Waals surface area contributed by atoms with E-state index < -0.39 is 0 Å². The van der Waals surface area contributed by atoms with Gasteiger partial charge in [0.2, 0.25) is 0 Å². The third-order valence-corrected chi connectivity index (χ3v) is 5.08. The van der Waals surface area contributed by atoms with Gasteiger partial charge in [-0.3, -0.25) is 4.79 Å². The Hall–Kier alpha value is -2.64. The number of H-pyrrole nitrogens is 1. The van der Waals surface area contributed by atoms with Crippen molar-refractivity contribution < 1.29 is 0 Å². The van der Waals surface area contributed by atoms with Crippen LogP contribution in [0.15, 0.2) is 52.4 Å². The van der Waals surface area contributed by atoms with Crippen molar-refractivity contribution in [2.45, 2.75) is 17.8 Å². The summed E-state index contributed by atoms with van der Waals surface area (Å²) in [5, 5.41) is 5.88. The number of nitrogens with one attached hydrogen (secondary N) is 2. The molecule has 0 spiro atoms. The van der Waals surface area contributed by atoms with Gasteiger partial charge in [0, 0.05) is 17.0 Å². The molecule has 0 radical (unpaired) electrons. The molecule has 4 rings (SSSR count). The lowest BCUT2D eigenvalue weighted by molar-refractivity contribution is 0.981. The van der Waals surface area contributed by atoms with Crippen molar-refractivity contribution in [1.29, 1.82) is 0 Å². The van der Waals surface area contributed by atoms with Gasteiger partial charge in [0.15, 0.2) is 5.16 Å². The average molecular weight is 398 g/mol. The molecule has 0 unspecified atom stereocenters. The van der Waals surface area contributed by atoms with E-state index in [2.05, 4.69) is 25.3 Å². The van der Waals surface area contributed by atoms with E-state index in [9.17, 15) is 4.79 Å². The van der Waals surface area contributed by atoms with Crippen molar-refractivity contribution in [1.82, 2.24) is 19.9 Å². The lowest BCUT2D eigenvalue weighted by atomic mass is 10.2. The Morgan fingerprint density at radius 2 is 1.89 bits per heavy atom. The molecule has 0 aliphatic heterocycles. The first-order chi connectivity index (χ1) is 13.1. The van der Waals surface area contributed by atoms with Crippen LogP contribution in [0.4, 0.5) is 5.82 Å². The van der Waals surface area contributed by atoms with Crippen molar-refractivity contribution >= 4 is 51.0 Å². The van der Waals surface area contributed by atoms with Gasteiger partial charge >= 0.3 is 0 Å². The van der Waals surface area contributed by atoms with E-state index in [1.54, 1.807) is 18.2 Å². The van der Waals surface area contributed by atoms with Crippen molar-refractivity contribution in [2.75, 3.05) is 11.9 Å². The number of aromatic nitrogens is 4. The third-order valence-electron chi connectivity index (χ3n) is 3.98. The van der Waals surface area contributed by atoms with E-state index >= 15 is 0 Å². The van der Waals surface area contributed by atoms with E-state index in [-0.39, 0.29) is 5.56 Å². The number of para-hydroxylation sites is 1. The topological polar surface area (TPSA) is 83.6 Å². The monoisotopic (exact) mass is 397 g/mol. The van der Waals surface area contributed by atoms with Crippen molar-refractivity contribution in [2.24, 2.45) is 0 Å². The molecular weight excluding hydrogens is 382 g/mol. The molecule has 8 heteroatoms. The highest BCUT2D eigenvalue weighted by Crippen LogP contribution is 2.26.